The van der Waals surface area contributed by atoms with Crippen molar-refractivity contribution in [3.8, 4) is 0 Å². The Labute approximate surface area is 104 Å². The molecule has 1 rings (SSSR count). The normalized spacial score (nSPS) is 23.8. The molecule has 1 heterocycles. The lowest BCUT2D eigenvalue weighted by Gasteiger charge is -2.43. The first kappa shape index (κ1) is 14.0. The third-order valence-electron chi connectivity index (χ3n) is 3.22. The molecule has 98 valence electrons. The fraction of sp³-hybridized carbons (Fsp3) is 0.846. The third kappa shape index (κ3) is 2.99. The maximum atomic E-state index is 12.3. The number of piperazine rings is 1. The Hall–Kier alpha value is -1.06. The van der Waals surface area contributed by atoms with Gasteiger partial charge in [-0.25, -0.2) is 0 Å². The van der Waals surface area contributed by atoms with E-state index in [2.05, 4.69) is 12.2 Å². The number of unbranched alkanes of at least 4 members (excludes halogenated alkanes) is 1. The van der Waals surface area contributed by atoms with Gasteiger partial charge in [0.05, 0.1) is 0 Å². The minimum absolute atomic E-state index is 0.00690. The van der Waals surface area contributed by atoms with Gasteiger partial charge in [-0.3, -0.25) is 9.59 Å². The van der Waals surface area contributed by atoms with Crippen LogP contribution in [-0.2, 0) is 9.59 Å². The third-order valence-corrected chi connectivity index (χ3v) is 3.22. The van der Waals surface area contributed by atoms with Crippen LogP contribution in [0.5, 0.6) is 0 Å². The average molecular weight is 240 g/mol. The molecule has 1 aliphatic rings. The van der Waals surface area contributed by atoms with E-state index in [-0.39, 0.29) is 17.9 Å². The van der Waals surface area contributed by atoms with E-state index in [4.69, 9.17) is 0 Å². The molecule has 1 fully saturated rings. The first-order valence-corrected chi connectivity index (χ1v) is 6.57. The van der Waals surface area contributed by atoms with Crippen LogP contribution in [0, 0.1) is 0 Å². The van der Waals surface area contributed by atoms with Crippen LogP contribution in [0.15, 0.2) is 0 Å². The number of amides is 2. The van der Waals surface area contributed by atoms with Crippen molar-refractivity contribution in [3.05, 3.63) is 0 Å². The summed E-state index contributed by atoms with van der Waals surface area (Å²) in [4.78, 5) is 26.1. The largest absolute Gasteiger partial charge is 0.340 e. The molecule has 1 aliphatic heterocycles. The molecule has 17 heavy (non-hydrogen) atoms. The number of carbonyl (C=O) groups excluding carboxylic acids is 2. The number of nitrogens with zero attached hydrogens (tertiary/aromatic N) is 1. The molecule has 0 aromatic rings. The van der Waals surface area contributed by atoms with Crippen molar-refractivity contribution in [2.24, 2.45) is 0 Å². The minimum Gasteiger partial charge on any atom is -0.340 e. The second-order valence-corrected chi connectivity index (χ2v) is 5.27. The van der Waals surface area contributed by atoms with E-state index in [9.17, 15) is 9.59 Å². The summed E-state index contributed by atoms with van der Waals surface area (Å²) in [5.74, 6) is 0.0385. The Morgan fingerprint density at radius 2 is 1.88 bits per heavy atom. The zero-order valence-electron chi connectivity index (χ0n) is 11.4. The summed E-state index contributed by atoms with van der Waals surface area (Å²) in [5.41, 5.74) is -0.755. The highest BCUT2D eigenvalue weighted by molar-refractivity contribution is 5.99. The van der Waals surface area contributed by atoms with Gasteiger partial charge >= 0.3 is 0 Å². The number of hydrogen-bond donors (Lipinski definition) is 1. The summed E-state index contributed by atoms with van der Waals surface area (Å²) in [6.07, 6.45) is 3.64. The zero-order chi connectivity index (χ0) is 13.1. The highest BCUT2D eigenvalue weighted by Crippen LogP contribution is 2.21. The number of rotatable bonds is 5. The van der Waals surface area contributed by atoms with Gasteiger partial charge in [0.2, 0.25) is 11.8 Å². The van der Waals surface area contributed by atoms with Crippen molar-refractivity contribution in [1.29, 1.82) is 0 Å². The number of hydrogen-bond acceptors (Lipinski definition) is 2. The minimum atomic E-state index is -0.755. The van der Waals surface area contributed by atoms with Crippen LogP contribution in [0.4, 0.5) is 0 Å². The fourth-order valence-electron chi connectivity index (χ4n) is 2.23. The predicted molar refractivity (Wildman–Crippen MR) is 67.5 cm³/mol. The molecular formula is C13H24N2O2. The van der Waals surface area contributed by atoms with E-state index >= 15 is 0 Å². The van der Waals surface area contributed by atoms with Gasteiger partial charge in [0.1, 0.15) is 11.6 Å². The number of nitrogens with one attached hydrogen (secondary N) is 1. The molecular weight excluding hydrogens is 216 g/mol. The lowest BCUT2D eigenvalue weighted by molar-refractivity contribution is -0.153. The highest BCUT2D eigenvalue weighted by atomic mass is 16.2. The maximum Gasteiger partial charge on any atom is 0.248 e. The van der Waals surface area contributed by atoms with Gasteiger partial charge in [0.25, 0.3) is 0 Å². The molecule has 0 aromatic heterocycles. The first-order chi connectivity index (χ1) is 7.94. The molecule has 4 heteroatoms. The molecule has 1 atom stereocenters. The van der Waals surface area contributed by atoms with Gasteiger partial charge in [0.15, 0.2) is 0 Å². The molecule has 1 unspecified atom stereocenters. The van der Waals surface area contributed by atoms with Gasteiger partial charge in [-0.05, 0) is 26.7 Å². The highest BCUT2D eigenvalue weighted by Gasteiger charge is 2.44. The zero-order valence-corrected chi connectivity index (χ0v) is 11.4. The second-order valence-electron chi connectivity index (χ2n) is 5.27. The van der Waals surface area contributed by atoms with Crippen molar-refractivity contribution in [2.75, 3.05) is 6.54 Å². The summed E-state index contributed by atoms with van der Waals surface area (Å²) < 4.78 is 0. The molecule has 2 amide bonds. The lowest BCUT2D eigenvalue weighted by atomic mass is 9.94. The van der Waals surface area contributed by atoms with Crippen molar-refractivity contribution in [3.63, 3.8) is 0 Å². The van der Waals surface area contributed by atoms with E-state index in [1.165, 1.54) is 0 Å². The molecule has 0 aliphatic carbocycles. The van der Waals surface area contributed by atoms with Crippen LogP contribution in [0.1, 0.15) is 53.4 Å². The van der Waals surface area contributed by atoms with Crippen LogP contribution in [0.25, 0.3) is 0 Å². The van der Waals surface area contributed by atoms with Crippen LogP contribution in [-0.4, -0.2) is 34.8 Å². The van der Waals surface area contributed by atoms with Gasteiger partial charge in [-0.1, -0.05) is 26.7 Å². The van der Waals surface area contributed by atoms with Crippen molar-refractivity contribution in [2.45, 2.75) is 65.0 Å². The Balaban J connectivity index is 2.87. The summed E-state index contributed by atoms with van der Waals surface area (Å²) in [6, 6.07) is -0.271. The quantitative estimate of drug-likeness (QED) is 0.795. The molecule has 4 nitrogen and oxygen atoms in total. The molecule has 0 radical (unpaired) electrons. The second kappa shape index (κ2) is 5.52. The summed E-state index contributed by atoms with van der Waals surface area (Å²) >= 11 is 0. The fourth-order valence-corrected chi connectivity index (χ4v) is 2.23. The monoisotopic (exact) mass is 240 g/mol. The first-order valence-electron chi connectivity index (χ1n) is 6.57. The molecule has 0 spiro atoms. The van der Waals surface area contributed by atoms with E-state index in [1.807, 2.05) is 6.92 Å². The van der Waals surface area contributed by atoms with E-state index in [1.54, 1.807) is 18.7 Å². The summed E-state index contributed by atoms with van der Waals surface area (Å²) in [7, 11) is 0. The van der Waals surface area contributed by atoms with Gasteiger partial charge in [0, 0.05) is 6.54 Å². The predicted octanol–water partition coefficient (Wildman–Crippen LogP) is 1.69. The summed E-state index contributed by atoms with van der Waals surface area (Å²) in [6.45, 7) is 8.36. The van der Waals surface area contributed by atoms with Crippen LogP contribution >= 0.6 is 0 Å². The Kier molecular flexibility index (Phi) is 4.54. The van der Waals surface area contributed by atoms with Crippen LogP contribution in [0.3, 0.4) is 0 Å². The molecule has 0 bridgehead atoms. The Bertz CT molecular complexity index is 300. The molecule has 0 aromatic carbocycles. The van der Waals surface area contributed by atoms with Crippen LogP contribution in [0.2, 0.25) is 0 Å². The van der Waals surface area contributed by atoms with Gasteiger partial charge in [-0.15, -0.1) is 0 Å². The van der Waals surface area contributed by atoms with Crippen molar-refractivity contribution < 1.29 is 9.59 Å². The lowest BCUT2D eigenvalue weighted by Crippen LogP contribution is -2.68. The van der Waals surface area contributed by atoms with Crippen LogP contribution < -0.4 is 5.32 Å². The standard InChI is InChI=1S/C13H24N2O2/c1-5-7-9-15-10(8-6-2)11(16)14-13(3,4)12(15)17/h10H,5-9H2,1-4H3,(H,14,16). The van der Waals surface area contributed by atoms with E-state index in [0.717, 1.165) is 25.7 Å². The van der Waals surface area contributed by atoms with E-state index < -0.39 is 5.54 Å². The van der Waals surface area contributed by atoms with Crippen molar-refractivity contribution >= 4 is 11.8 Å². The van der Waals surface area contributed by atoms with E-state index in [0.29, 0.717) is 6.54 Å². The SMILES string of the molecule is CCCCN1C(=O)C(C)(C)NC(=O)C1CCC. The topological polar surface area (TPSA) is 49.4 Å². The molecule has 0 saturated carbocycles. The summed E-state index contributed by atoms with van der Waals surface area (Å²) in [5, 5.41) is 2.82. The smallest absolute Gasteiger partial charge is 0.248 e. The van der Waals surface area contributed by atoms with Crippen molar-refractivity contribution in [1.82, 2.24) is 10.2 Å². The Morgan fingerprint density at radius 1 is 1.24 bits per heavy atom. The van der Waals surface area contributed by atoms with Gasteiger partial charge in [-0.2, -0.15) is 0 Å². The molecule has 1 saturated heterocycles. The Morgan fingerprint density at radius 3 is 2.41 bits per heavy atom. The maximum absolute atomic E-state index is 12.3. The number of carbonyl (C=O) groups is 2. The average Bonchev–Trinajstić information content (AvgIpc) is 2.25. The molecule has 1 N–H and O–H groups in total. The van der Waals surface area contributed by atoms with Gasteiger partial charge < -0.3 is 10.2 Å².